The first-order valence-electron chi connectivity index (χ1n) is 3.38. The van der Waals surface area contributed by atoms with Crippen LogP contribution in [0.1, 0.15) is 6.92 Å². The second-order valence-electron chi connectivity index (χ2n) is 2.26. The topological polar surface area (TPSA) is 73.0 Å². The van der Waals surface area contributed by atoms with E-state index < -0.39 is 0 Å². The minimum absolute atomic E-state index is 0.169. The predicted molar refractivity (Wildman–Crippen MR) is 40.5 cm³/mol. The van der Waals surface area contributed by atoms with Crippen molar-refractivity contribution in [2.45, 2.75) is 6.92 Å². The number of hydrogen-bond donors (Lipinski definition) is 1. The summed E-state index contributed by atoms with van der Waals surface area (Å²) in [6.45, 7) is 1.55. The fourth-order valence-electron chi connectivity index (χ4n) is 0.803. The van der Waals surface area contributed by atoms with Crippen LogP contribution < -0.4 is 10.8 Å². The van der Waals surface area contributed by atoms with Gasteiger partial charge in [0.2, 0.25) is 5.91 Å². The normalized spacial score (nSPS) is 15.4. The van der Waals surface area contributed by atoms with Gasteiger partial charge in [-0.1, -0.05) is 0 Å². The Morgan fingerprint density at radius 1 is 1.83 bits per heavy atom. The van der Waals surface area contributed by atoms with E-state index in [2.05, 4.69) is 10.4 Å². The number of carbonyl (C=O) groups excluding carboxylic acids is 1. The van der Waals surface area contributed by atoms with Crippen LogP contribution in [0.2, 0.25) is 0 Å². The van der Waals surface area contributed by atoms with Gasteiger partial charge < -0.3 is 10.1 Å². The van der Waals surface area contributed by atoms with Crippen molar-refractivity contribution in [2.24, 2.45) is 5.11 Å². The van der Waals surface area contributed by atoms with Crippen LogP contribution in [0.25, 0.3) is 0 Å². The SMILES string of the molecule is CC(=O)NC1=C(N=[N])COC=C1. The average molecular weight is 166 g/mol. The van der Waals surface area contributed by atoms with Gasteiger partial charge in [-0.2, -0.15) is 0 Å². The van der Waals surface area contributed by atoms with E-state index in [1.54, 1.807) is 0 Å². The van der Waals surface area contributed by atoms with Crippen LogP contribution in [-0.4, -0.2) is 12.5 Å². The minimum Gasteiger partial charge on any atom is -0.495 e. The number of rotatable bonds is 2. The number of ether oxygens (including phenoxy) is 1. The Bertz CT molecular complexity index is 268. The molecule has 1 heterocycles. The summed E-state index contributed by atoms with van der Waals surface area (Å²) < 4.78 is 4.84. The van der Waals surface area contributed by atoms with Crippen molar-refractivity contribution in [2.75, 3.05) is 6.61 Å². The highest BCUT2D eigenvalue weighted by Crippen LogP contribution is 2.10. The first-order valence-corrected chi connectivity index (χ1v) is 3.38. The lowest BCUT2D eigenvalue weighted by Crippen LogP contribution is -2.21. The van der Waals surface area contributed by atoms with Crippen molar-refractivity contribution in [1.29, 1.82) is 0 Å². The van der Waals surface area contributed by atoms with Crippen molar-refractivity contribution in [3.8, 4) is 0 Å². The Hall–Kier alpha value is -1.65. The highest BCUT2D eigenvalue weighted by Gasteiger charge is 2.09. The van der Waals surface area contributed by atoms with Gasteiger partial charge in [0.1, 0.15) is 12.3 Å². The molecule has 1 aliphatic rings. The number of allylic oxidation sites excluding steroid dienone is 1. The smallest absolute Gasteiger partial charge is 0.221 e. The molecule has 63 valence electrons. The van der Waals surface area contributed by atoms with Crippen LogP contribution in [0.3, 0.4) is 0 Å². The highest BCUT2D eigenvalue weighted by atomic mass is 16.5. The summed E-state index contributed by atoms with van der Waals surface area (Å²) >= 11 is 0. The molecule has 0 bridgehead atoms. The van der Waals surface area contributed by atoms with Crippen LogP contribution in [0, 0.1) is 0 Å². The Kier molecular flexibility index (Phi) is 2.57. The van der Waals surface area contributed by atoms with E-state index in [-0.39, 0.29) is 12.5 Å². The number of nitrogens with one attached hydrogen (secondary N) is 1. The molecule has 0 aromatic rings. The van der Waals surface area contributed by atoms with Crippen molar-refractivity contribution in [3.63, 3.8) is 0 Å². The number of amides is 1. The van der Waals surface area contributed by atoms with Crippen molar-refractivity contribution in [3.05, 3.63) is 23.7 Å². The predicted octanol–water partition coefficient (Wildman–Crippen LogP) is 0.130. The Morgan fingerprint density at radius 3 is 3.17 bits per heavy atom. The molecule has 1 rings (SSSR count). The first kappa shape index (κ1) is 8.45. The monoisotopic (exact) mass is 166 g/mol. The fraction of sp³-hybridized carbons (Fsp3) is 0.286. The molecule has 0 saturated carbocycles. The summed E-state index contributed by atoms with van der Waals surface area (Å²) in [4.78, 5) is 10.6. The van der Waals surface area contributed by atoms with Crippen molar-refractivity contribution in [1.82, 2.24) is 10.8 Å². The third-order valence-electron chi connectivity index (χ3n) is 1.29. The summed E-state index contributed by atoms with van der Waals surface area (Å²) in [5.41, 5.74) is 9.26. The Morgan fingerprint density at radius 2 is 2.58 bits per heavy atom. The van der Waals surface area contributed by atoms with Gasteiger partial charge in [-0.3, -0.25) is 4.79 Å². The highest BCUT2D eigenvalue weighted by molar-refractivity contribution is 5.75. The number of carbonyl (C=O) groups is 1. The Balaban J connectivity index is 2.81. The first-order chi connectivity index (χ1) is 5.74. The van der Waals surface area contributed by atoms with Gasteiger partial charge in [-0.05, 0) is 11.6 Å². The molecule has 12 heavy (non-hydrogen) atoms. The lowest BCUT2D eigenvalue weighted by molar-refractivity contribution is -0.118. The molecule has 0 unspecified atom stereocenters. The molecule has 5 heteroatoms. The lowest BCUT2D eigenvalue weighted by atomic mass is 10.3. The third kappa shape index (κ3) is 1.91. The summed E-state index contributed by atoms with van der Waals surface area (Å²) in [5, 5.41) is 5.47. The van der Waals surface area contributed by atoms with Crippen molar-refractivity contribution < 1.29 is 9.53 Å². The maximum absolute atomic E-state index is 10.6. The van der Waals surface area contributed by atoms with Gasteiger partial charge in [0.05, 0.1) is 12.0 Å². The summed E-state index contributed by atoms with van der Waals surface area (Å²) in [7, 11) is 0. The number of hydrogen-bond acceptors (Lipinski definition) is 3. The van der Waals surface area contributed by atoms with Gasteiger partial charge in [0.25, 0.3) is 0 Å². The van der Waals surface area contributed by atoms with E-state index in [0.717, 1.165) is 0 Å². The summed E-state index contributed by atoms with van der Waals surface area (Å²) in [6, 6.07) is 0. The van der Waals surface area contributed by atoms with Crippen LogP contribution in [-0.2, 0) is 9.53 Å². The molecule has 0 saturated heterocycles. The van der Waals surface area contributed by atoms with E-state index in [0.29, 0.717) is 11.4 Å². The molecule has 0 atom stereocenters. The molecule has 1 aliphatic heterocycles. The molecule has 1 radical (unpaired) electrons. The zero-order valence-electron chi connectivity index (χ0n) is 6.57. The quantitative estimate of drug-likeness (QED) is 0.592. The maximum Gasteiger partial charge on any atom is 0.221 e. The minimum atomic E-state index is -0.210. The van der Waals surface area contributed by atoms with Gasteiger partial charge >= 0.3 is 0 Å². The molecule has 0 aromatic heterocycles. The van der Waals surface area contributed by atoms with Crippen LogP contribution in [0.5, 0.6) is 0 Å². The zero-order valence-corrected chi connectivity index (χ0v) is 6.57. The molecule has 0 aromatic carbocycles. The standard InChI is InChI=1S/C7H8N3O2/c1-5(11)9-6-2-3-12-4-7(6)10-8/h2-3H,4H2,1H3,(H,9,11). The molecule has 5 nitrogen and oxygen atoms in total. The molecule has 0 spiro atoms. The van der Waals surface area contributed by atoms with Crippen LogP contribution in [0.4, 0.5) is 0 Å². The lowest BCUT2D eigenvalue weighted by Gasteiger charge is -2.11. The second kappa shape index (κ2) is 3.66. The van der Waals surface area contributed by atoms with E-state index in [1.807, 2.05) is 0 Å². The summed E-state index contributed by atoms with van der Waals surface area (Å²) in [6.07, 6.45) is 2.96. The fourth-order valence-corrected chi connectivity index (χ4v) is 0.803. The van der Waals surface area contributed by atoms with E-state index >= 15 is 0 Å². The van der Waals surface area contributed by atoms with Gasteiger partial charge in [0, 0.05) is 6.92 Å². The van der Waals surface area contributed by atoms with E-state index in [9.17, 15) is 4.79 Å². The van der Waals surface area contributed by atoms with Gasteiger partial charge in [-0.25, -0.2) is 0 Å². The molecular weight excluding hydrogens is 158 g/mol. The molecule has 1 amide bonds. The molecule has 0 aliphatic carbocycles. The molecule has 1 N–H and O–H groups in total. The van der Waals surface area contributed by atoms with Gasteiger partial charge in [-0.15, -0.1) is 5.11 Å². The van der Waals surface area contributed by atoms with Crippen molar-refractivity contribution >= 4 is 5.91 Å². The van der Waals surface area contributed by atoms with Gasteiger partial charge in [0.15, 0.2) is 0 Å². The second-order valence-corrected chi connectivity index (χ2v) is 2.26. The van der Waals surface area contributed by atoms with Crippen LogP contribution >= 0.6 is 0 Å². The Labute approximate surface area is 69.6 Å². The maximum atomic E-state index is 10.6. The third-order valence-corrected chi connectivity index (χ3v) is 1.29. The molecular formula is C7H8N3O2. The van der Waals surface area contributed by atoms with E-state index in [1.165, 1.54) is 19.3 Å². The van der Waals surface area contributed by atoms with Crippen LogP contribution in [0.15, 0.2) is 28.8 Å². The average Bonchev–Trinajstić information content (AvgIpc) is 2.04. The largest absolute Gasteiger partial charge is 0.495 e. The zero-order chi connectivity index (χ0) is 8.97. The summed E-state index contributed by atoms with van der Waals surface area (Å²) in [5.74, 6) is -0.210. The van der Waals surface area contributed by atoms with E-state index in [4.69, 9.17) is 10.3 Å². The number of nitrogens with zero attached hydrogens (tertiary/aromatic N) is 2. The molecule has 0 fully saturated rings.